The van der Waals surface area contributed by atoms with Crippen molar-refractivity contribution in [3.05, 3.63) is 46.9 Å². The molecule has 0 radical (unpaired) electrons. The summed E-state index contributed by atoms with van der Waals surface area (Å²) in [5, 5.41) is 9.41. The lowest BCUT2D eigenvalue weighted by atomic mass is 10.1. The summed E-state index contributed by atoms with van der Waals surface area (Å²) in [7, 11) is 0. The van der Waals surface area contributed by atoms with Crippen molar-refractivity contribution in [2.45, 2.75) is 13.5 Å². The maximum Gasteiger partial charge on any atom is 0.274 e. The highest BCUT2D eigenvalue weighted by Crippen LogP contribution is 2.25. The van der Waals surface area contributed by atoms with Crippen molar-refractivity contribution in [3.63, 3.8) is 0 Å². The van der Waals surface area contributed by atoms with Gasteiger partial charge in [0.1, 0.15) is 11.4 Å². The van der Waals surface area contributed by atoms with E-state index in [0.29, 0.717) is 12.1 Å². The SMILES string of the molecule is CCn1ccc(-c2cccc(O)c2)c(N)c1=O. The van der Waals surface area contributed by atoms with Gasteiger partial charge in [0.15, 0.2) is 0 Å². The highest BCUT2D eigenvalue weighted by Gasteiger charge is 2.08. The Labute approximate surface area is 98.9 Å². The second-order valence-corrected chi connectivity index (χ2v) is 3.78. The van der Waals surface area contributed by atoms with Crippen molar-refractivity contribution in [1.82, 2.24) is 4.57 Å². The van der Waals surface area contributed by atoms with Gasteiger partial charge >= 0.3 is 0 Å². The zero-order chi connectivity index (χ0) is 12.4. The number of anilines is 1. The van der Waals surface area contributed by atoms with Crippen LogP contribution in [0.25, 0.3) is 11.1 Å². The zero-order valence-electron chi connectivity index (χ0n) is 9.55. The van der Waals surface area contributed by atoms with Crippen LogP contribution in [0.1, 0.15) is 6.92 Å². The Hall–Kier alpha value is -2.23. The Kier molecular flexibility index (Phi) is 2.87. The fourth-order valence-electron chi connectivity index (χ4n) is 1.77. The third-order valence-electron chi connectivity index (χ3n) is 2.70. The molecule has 0 atom stereocenters. The molecule has 17 heavy (non-hydrogen) atoms. The summed E-state index contributed by atoms with van der Waals surface area (Å²) >= 11 is 0. The lowest BCUT2D eigenvalue weighted by molar-refractivity contribution is 0.475. The number of hydrogen-bond donors (Lipinski definition) is 2. The first-order valence-electron chi connectivity index (χ1n) is 5.41. The number of nitrogens with zero attached hydrogens (tertiary/aromatic N) is 1. The van der Waals surface area contributed by atoms with E-state index in [1.165, 1.54) is 0 Å². The third kappa shape index (κ3) is 2.01. The van der Waals surface area contributed by atoms with E-state index in [9.17, 15) is 9.90 Å². The molecule has 1 aromatic carbocycles. The molecule has 4 heteroatoms. The molecule has 0 unspecified atom stereocenters. The molecule has 0 spiro atoms. The van der Waals surface area contributed by atoms with E-state index < -0.39 is 0 Å². The number of aromatic hydroxyl groups is 1. The third-order valence-corrected chi connectivity index (χ3v) is 2.70. The summed E-state index contributed by atoms with van der Waals surface area (Å²) in [5.41, 5.74) is 7.22. The first-order valence-corrected chi connectivity index (χ1v) is 5.41. The van der Waals surface area contributed by atoms with Gasteiger partial charge in [0.2, 0.25) is 0 Å². The van der Waals surface area contributed by atoms with Crippen LogP contribution in [0, 0.1) is 0 Å². The Morgan fingerprint density at radius 3 is 2.76 bits per heavy atom. The van der Waals surface area contributed by atoms with Gasteiger partial charge in [-0.2, -0.15) is 0 Å². The molecule has 0 bridgehead atoms. The topological polar surface area (TPSA) is 68.2 Å². The first-order chi connectivity index (χ1) is 8.13. The lowest BCUT2D eigenvalue weighted by Crippen LogP contribution is -2.22. The van der Waals surface area contributed by atoms with Crippen molar-refractivity contribution in [3.8, 4) is 16.9 Å². The highest BCUT2D eigenvalue weighted by atomic mass is 16.3. The lowest BCUT2D eigenvalue weighted by Gasteiger charge is -2.08. The van der Waals surface area contributed by atoms with E-state index in [1.807, 2.05) is 6.92 Å². The smallest absolute Gasteiger partial charge is 0.274 e. The quantitative estimate of drug-likeness (QED) is 0.826. The van der Waals surface area contributed by atoms with E-state index in [0.717, 1.165) is 5.56 Å². The van der Waals surface area contributed by atoms with Crippen LogP contribution in [-0.4, -0.2) is 9.67 Å². The van der Waals surface area contributed by atoms with Crippen LogP contribution >= 0.6 is 0 Å². The van der Waals surface area contributed by atoms with Gasteiger partial charge in [0.05, 0.1) is 0 Å². The number of nitrogens with two attached hydrogens (primary N) is 1. The fraction of sp³-hybridized carbons (Fsp3) is 0.154. The van der Waals surface area contributed by atoms with Gasteiger partial charge in [0.25, 0.3) is 5.56 Å². The standard InChI is InChI=1S/C13H14N2O2/c1-2-15-7-6-11(12(14)13(15)17)9-4-3-5-10(16)8-9/h3-8,16H,2,14H2,1H3. The summed E-state index contributed by atoms with van der Waals surface area (Å²) in [6.45, 7) is 2.47. The van der Waals surface area contributed by atoms with Gasteiger partial charge in [-0.15, -0.1) is 0 Å². The van der Waals surface area contributed by atoms with Gasteiger partial charge in [-0.1, -0.05) is 12.1 Å². The molecule has 4 nitrogen and oxygen atoms in total. The molecule has 2 aromatic rings. The van der Waals surface area contributed by atoms with Crippen LogP contribution in [0.5, 0.6) is 5.75 Å². The van der Waals surface area contributed by atoms with Crippen molar-refractivity contribution >= 4 is 5.69 Å². The maximum atomic E-state index is 11.9. The van der Waals surface area contributed by atoms with Crippen molar-refractivity contribution < 1.29 is 5.11 Å². The van der Waals surface area contributed by atoms with Crippen molar-refractivity contribution in [2.75, 3.05) is 5.73 Å². The molecule has 2 rings (SSSR count). The summed E-state index contributed by atoms with van der Waals surface area (Å²) in [6, 6.07) is 8.47. The van der Waals surface area contributed by atoms with E-state index in [1.54, 1.807) is 41.1 Å². The molecule has 3 N–H and O–H groups in total. The monoisotopic (exact) mass is 230 g/mol. The number of rotatable bonds is 2. The van der Waals surface area contributed by atoms with E-state index in [2.05, 4.69) is 0 Å². The van der Waals surface area contributed by atoms with Crippen molar-refractivity contribution in [2.24, 2.45) is 0 Å². The Morgan fingerprint density at radius 2 is 2.12 bits per heavy atom. The minimum Gasteiger partial charge on any atom is -0.508 e. The number of phenolic OH excluding ortho intramolecular Hbond substituents is 1. The summed E-state index contributed by atoms with van der Waals surface area (Å²) in [6.07, 6.45) is 1.71. The number of phenols is 1. The van der Waals surface area contributed by atoms with Crippen LogP contribution in [0.2, 0.25) is 0 Å². The van der Waals surface area contributed by atoms with E-state index in [4.69, 9.17) is 5.73 Å². The minimum atomic E-state index is -0.201. The maximum absolute atomic E-state index is 11.9. The predicted octanol–water partition coefficient (Wildman–Crippen LogP) is 1.82. The first kappa shape index (κ1) is 11.3. The average molecular weight is 230 g/mol. The van der Waals surface area contributed by atoms with E-state index in [-0.39, 0.29) is 17.0 Å². The molecule has 0 amide bonds. The molecular formula is C13H14N2O2. The molecule has 0 aliphatic rings. The molecule has 88 valence electrons. The second kappa shape index (κ2) is 4.33. The summed E-state index contributed by atoms with van der Waals surface area (Å²) < 4.78 is 1.54. The van der Waals surface area contributed by atoms with E-state index >= 15 is 0 Å². The Balaban J connectivity index is 2.62. The average Bonchev–Trinajstić information content (AvgIpc) is 2.32. The minimum absolute atomic E-state index is 0.154. The van der Waals surface area contributed by atoms with Gasteiger partial charge < -0.3 is 15.4 Å². The largest absolute Gasteiger partial charge is 0.508 e. The van der Waals surface area contributed by atoms with Gasteiger partial charge in [-0.05, 0) is 30.7 Å². The molecule has 0 fully saturated rings. The number of nitrogen functional groups attached to an aromatic ring is 1. The van der Waals surface area contributed by atoms with Gasteiger partial charge in [0, 0.05) is 18.3 Å². The second-order valence-electron chi connectivity index (χ2n) is 3.78. The van der Waals surface area contributed by atoms with Gasteiger partial charge in [-0.25, -0.2) is 0 Å². The molecule has 1 heterocycles. The molecule has 0 saturated heterocycles. The van der Waals surface area contributed by atoms with Crippen LogP contribution in [-0.2, 0) is 6.54 Å². The number of benzene rings is 1. The Bertz CT molecular complexity index is 603. The Morgan fingerprint density at radius 1 is 1.35 bits per heavy atom. The summed E-state index contributed by atoms with van der Waals surface area (Å²) in [5.74, 6) is 0.154. The number of hydrogen-bond acceptors (Lipinski definition) is 3. The fourth-order valence-corrected chi connectivity index (χ4v) is 1.77. The number of aryl methyl sites for hydroxylation is 1. The summed E-state index contributed by atoms with van der Waals surface area (Å²) in [4.78, 5) is 11.9. The molecule has 0 aliphatic carbocycles. The van der Waals surface area contributed by atoms with Crippen LogP contribution in [0.3, 0.4) is 0 Å². The number of aromatic nitrogens is 1. The van der Waals surface area contributed by atoms with Crippen LogP contribution in [0.4, 0.5) is 5.69 Å². The predicted molar refractivity (Wildman–Crippen MR) is 67.9 cm³/mol. The number of pyridine rings is 1. The normalized spacial score (nSPS) is 10.4. The molecule has 0 saturated carbocycles. The molecule has 0 aliphatic heterocycles. The molecular weight excluding hydrogens is 216 g/mol. The van der Waals surface area contributed by atoms with Crippen LogP contribution in [0.15, 0.2) is 41.3 Å². The van der Waals surface area contributed by atoms with Crippen LogP contribution < -0.4 is 11.3 Å². The zero-order valence-corrected chi connectivity index (χ0v) is 9.55. The molecule has 1 aromatic heterocycles. The van der Waals surface area contributed by atoms with Crippen molar-refractivity contribution in [1.29, 1.82) is 0 Å². The highest BCUT2D eigenvalue weighted by molar-refractivity contribution is 5.76. The van der Waals surface area contributed by atoms with Gasteiger partial charge in [-0.3, -0.25) is 4.79 Å².